The number of pyridine rings is 1. The summed E-state index contributed by atoms with van der Waals surface area (Å²) in [6, 6.07) is 10.1. The Balaban J connectivity index is 2.12. The fourth-order valence-electron chi connectivity index (χ4n) is 1.72. The Labute approximate surface area is 116 Å². The normalized spacial score (nSPS) is 11.7. The molecule has 1 atom stereocenters. The zero-order valence-corrected chi connectivity index (χ0v) is 11.0. The third kappa shape index (κ3) is 3.53. The van der Waals surface area contributed by atoms with Crippen molar-refractivity contribution in [2.24, 2.45) is 0 Å². The predicted octanol–water partition coefficient (Wildman–Crippen LogP) is 3.19. The van der Waals surface area contributed by atoms with Gasteiger partial charge in [0.15, 0.2) is 11.6 Å². The number of benzene rings is 1. The van der Waals surface area contributed by atoms with Crippen LogP contribution in [0.1, 0.15) is 18.5 Å². The average molecular weight is 271 g/mol. The number of rotatable bonds is 5. The van der Waals surface area contributed by atoms with Gasteiger partial charge in [-0.05, 0) is 36.8 Å². The standard InChI is InChI=1S/C15H14FN3O/c1-11(19-8-6-17)12-4-5-15(14(16)9-12)20-13-3-2-7-18-10-13/h2-5,7,9-11,19H,8H2,1H3. The molecular formula is C15H14FN3O. The molecule has 2 rings (SSSR count). The lowest BCUT2D eigenvalue weighted by molar-refractivity contribution is 0.439. The maximum absolute atomic E-state index is 14.0. The molecule has 0 bridgehead atoms. The molecule has 102 valence electrons. The molecular weight excluding hydrogens is 257 g/mol. The first kappa shape index (κ1) is 14.0. The van der Waals surface area contributed by atoms with Crippen LogP contribution in [0.3, 0.4) is 0 Å². The van der Waals surface area contributed by atoms with Crippen molar-refractivity contribution in [3.63, 3.8) is 0 Å². The molecule has 5 heteroatoms. The fraction of sp³-hybridized carbons (Fsp3) is 0.200. The molecule has 0 saturated heterocycles. The summed E-state index contributed by atoms with van der Waals surface area (Å²) in [6.45, 7) is 2.09. The van der Waals surface area contributed by atoms with Gasteiger partial charge in [0.25, 0.3) is 0 Å². The summed E-state index contributed by atoms with van der Waals surface area (Å²) in [5.74, 6) is 0.181. The zero-order valence-electron chi connectivity index (χ0n) is 11.0. The maximum Gasteiger partial charge on any atom is 0.166 e. The number of aromatic nitrogens is 1. The molecule has 1 N–H and O–H groups in total. The summed E-state index contributed by atoms with van der Waals surface area (Å²) in [4.78, 5) is 3.90. The van der Waals surface area contributed by atoms with Crippen molar-refractivity contribution in [2.75, 3.05) is 6.54 Å². The van der Waals surface area contributed by atoms with Crippen LogP contribution < -0.4 is 10.1 Å². The molecule has 1 heterocycles. The second-order valence-electron chi connectivity index (χ2n) is 4.24. The van der Waals surface area contributed by atoms with Crippen molar-refractivity contribution >= 4 is 0 Å². The maximum atomic E-state index is 14.0. The van der Waals surface area contributed by atoms with Crippen LogP contribution in [-0.4, -0.2) is 11.5 Å². The summed E-state index contributed by atoms with van der Waals surface area (Å²) in [6.07, 6.45) is 3.14. The quantitative estimate of drug-likeness (QED) is 0.848. The van der Waals surface area contributed by atoms with Gasteiger partial charge in [-0.3, -0.25) is 10.3 Å². The van der Waals surface area contributed by atoms with E-state index in [4.69, 9.17) is 10.00 Å². The summed E-state index contributed by atoms with van der Waals surface area (Å²) >= 11 is 0. The average Bonchev–Trinajstić information content (AvgIpc) is 2.48. The minimum atomic E-state index is -0.447. The van der Waals surface area contributed by atoms with E-state index in [-0.39, 0.29) is 18.3 Å². The molecule has 0 aliphatic carbocycles. The molecule has 0 spiro atoms. The second kappa shape index (κ2) is 6.64. The largest absolute Gasteiger partial charge is 0.453 e. The van der Waals surface area contributed by atoms with Gasteiger partial charge in [0.2, 0.25) is 0 Å². The Kier molecular flexibility index (Phi) is 4.64. The number of nitrogens with one attached hydrogen (secondary N) is 1. The van der Waals surface area contributed by atoms with Crippen molar-refractivity contribution in [1.82, 2.24) is 10.3 Å². The summed E-state index contributed by atoms with van der Waals surface area (Å²) < 4.78 is 19.4. The molecule has 0 fully saturated rings. The number of hydrogen-bond acceptors (Lipinski definition) is 4. The summed E-state index contributed by atoms with van der Waals surface area (Å²) in [5.41, 5.74) is 0.760. The molecule has 2 aromatic rings. The lowest BCUT2D eigenvalue weighted by Gasteiger charge is -2.13. The number of ether oxygens (including phenoxy) is 1. The van der Waals surface area contributed by atoms with Crippen LogP contribution >= 0.6 is 0 Å². The van der Waals surface area contributed by atoms with Crippen molar-refractivity contribution in [3.8, 4) is 17.6 Å². The van der Waals surface area contributed by atoms with Gasteiger partial charge in [0.1, 0.15) is 5.75 Å². The molecule has 1 aromatic carbocycles. The van der Waals surface area contributed by atoms with Crippen LogP contribution in [0, 0.1) is 17.1 Å². The van der Waals surface area contributed by atoms with Crippen LogP contribution in [0.15, 0.2) is 42.7 Å². The number of halogens is 1. The van der Waals surface area contributed by atoms with E-state index in [9.17, 15) is 4.39 Å². The van der Waals surface area contributed by atoms with E-state index in [0.717, 1.165) is 5.56 Å². The first-order chi connectivity index (χ1) is 9.70. The van der Waals surface area contributed by atoms with E-state index in [1.165, 1.54) is 12.3 Å². The van der Waals surface area contributed by atoms with Gasteiger partial charge in [-0.2, -0.15) is 5.26 Å². The van der Waals surface area contributed by atoms with E-state index in [0.29, 0.717) is 5.75 Å². The predicted molar refractivity (Wildman–Crippen MR) is 72.7 cm³/mol. The van der Waals surface area contributed by atoms with E-state index >= 15 is 0 Å². The van der Waals surface area contributed by atoms with Crippen molar-refractivity contribution in [2.45, 2.75) is 13.0 Å². The number of hydrogen-bond donors (Lipinski definition) is 1. The Morgan fingerprint density at radius 2 is 2.30 bits per heavy atom. The first-order valence-corrected chi connectivity index (χ1v) is 6.18. The van der Waals surface area contributed by atoms with Crippen molar-refractivity contribution in [1.29, 1.82) is 5.26 Å². The molecule has 20 heavy (non-hydrogen) atoms. The Hall–Kier alpha value is -2.45. The molecule has 0 amide bonds. The van der Waals surface area contributed by atoms with E-state index in [2.05, 4.69) is 10.3 Å². The van der Waals surface area contributed by atoms with Gasteiger partial charge in [-0.25, -0.2) is 4.39 Å². The summed E-state index contributed by atoms with van der Waals surface area (Å²) in [5, 5.41) is 11.5. The van der Waals surface area contributed by atoms with E-state index in [1.807, 2.05) is 13.0 Å². The topological polar surface area (TPSA) is 57.9 Å². The third-order valence-corrected chi connectivity index (χ3v) is 2.81. The lowest BCUT2D eigenvalue weighted by Crippen LogP contribution is -2.18. The molecule has 0 aliphatic heterocycles. The van der Waals surface area contributed by atoms with Crippen LogP contribution in [0.2, 0.25) is 0 Å². The zero-order chi connectivity index (χ0) is 14.4. The molecule has 1 unspecified atom stereocenters. The highest BCUT2D eigenvalue weighted by Gasteiger charge is 2.10. The number of nitriles is 1. The Bertz CT molecular complexity index is 610. The third-order valence-electron chi connectivity index (χ3n) is 2.81. The van der Waals surface area contributed by atoms with Gasteiger partial charge in [0.05, 0.1) is 18.8 Å². The highest BCUT2D eigenvalue weighted by Crippen LogP contribution is 2.26. The second-order valence-corrected chi connectivity index (χ2v) is 4.24. The Morgan fingerprint density at radius 1 is 1.45 bits per heavy atom. The van der Waals surface area contributed by atoms with Gasteiger partial charge in [-0.15, -0.1) is 0 Å². The SMILES string of the molecule is CC(NCC#N)c1ccc(Oc2cccnc2)c(F)c1. The molecule has 1 aromatic heterocycles. The lowest BCUT2D eigenvalue weighted by atomic mass is 10.1. The van der Waals surface area contributed by atoms with Gasteiger partial charge in [0, 0.05) is 12.2 Å². The van der Waals surface area contributed by atoms with Crippen LogP contribution in [0.25, 0.3) is 0 Å². The fourth-order valence-corrected chi connectivity index (χ4v) is 1.72. The molecule has 0 saturated carbocycles. The minimum Gasteiger partial charge on any atom is -0.453 e. The summed E-state index contributed by atoms with van der Waals surface area (Å²) in [7, 11) is 0. The van der Waals surface area contributed by atoms with Crippen molar-refractivity contribution in [3.05, 3.63) is 54.1 Å². The van der Waals surface area contributed by atoms with Crippen molar-refractivity contribution < 1.29 is 9.13 Å². The Morgan fingerprint density at radius 3 is 2.95 bits per heavy atom. The minimum absolute atomic E-state index is 0.100. The monoisotopic (exact) mass is 271 g/mol. The molecule has 4 nitrogen and oxygen atoms in total. The van der Waals surface area contributed by atoms with Gasteiger partial charge in [-0.1, -0.05) is 6.07 Å². The van der Waals surface area contributed by atoms with Crippen LogP contribution in [0.5, 0.6) is 11.5 Å². The number of nitrogens with zero attached hydrogens (tertiary/aromatic N) is 2. The highest BCUT2D eigenvalue weighted by molar-refractivity contribution is 5.34. The first-order valence-electron chi connectivity index (χ1n) is 6.18. The smallest absolute Gasteiger partial charge is 0.166 e. The highest BCUT2D eigenvalue weighted by atomic mass is 19.1. The molecule has 0 radical (unpaired) electrons. The van der Waals surface area contributed by atoms with Crippen LogP contribution in [-0.2, 0) is 0 Å². The van der Waals surface area contributed by atoms with Crippen LogP contribution in [0.4, 0.5) is 4.39 Å². The van der Waals surface area contributed by atoms with Gasteiger partial charge >= 0.3 is 0 Å². The van der Waals surface area contributed by atoms with E-state index < -0.39 is 5.82 Å². The van der Waals surface area contributed by atoms with Gasteiger partial charge < -0.3 is 4.74 Å². The van der Waals surface area contributed by atoms with E-state index in [1.54, 1.807) is 30.5 Å². The molecule has 0 aliphatic rings.